The molecule has 3 rings (SSSR count). The predicted molar refractivity (Wildman–Crippen MR) is 117 cm³/mol. The summed E-state index contributed by atoms with van der Waals surface area (Å²) in [5.74, 6) is 0.327. The summed E-state index contributed by atoms with van der Waals surface area (Å²) in [7, 11) is 4.16. The number of quaternary nitrogens is 1. The highest BCUT2D eigenvalue weighted by molar-refractivity contribution is 5.82. The van der Waals surface area contributed by atoms with E-state index in [4.69, 9.17) is 9.15 Å². The Morgan fingerprint density at radius 3 is 2.63 bits per heavy atom. The molecular weight excluding hydrogens is 380 g/mol. The molecule has 0 radical (unpaired) electrons. The van der Waals surface area contributed by atoms with Crippen molar-refractivity contribution in [3.05, 3.63) is 75.6 Å². The average molecular weight is 410 g/mol. The van der Waals surface area contributed by atoms with Gasteiger partial charge in [0, 0.05) is 36.4 Å². The number of fused-ring (bicyclic) bond motifs is 1. The van der Waals surface area contributed by atoms with Crippen LogP contribution >= 0.6 is 0 Å². The molecule has 0 saturated heterocycles. The minimum absolute atomic E-state index is 0.0738. The fourth-order valence-corrected chi connectivity index (χ4v) is 3.34. The van der Waals surface area contributed by atoms with E-state index in [-0.39, 0.29) is 18.1 Å². The molecule has 1 aromatic heterocycles. The van der Waals surface area contributed by atoms with Crippen LogP contribution in [0.5, 0.6) is 5.75 Å². The van der Waals surface area contributed by atoms with E-state index in [0.29, 0.717) is 29.9 Å². The van der Waals surface area contributed by atoms with Crippen LogP contribution in [0.1, 0.15) is 23.1 Å². The van der Waals surface area contributed by atoms with E-state index in [1.165, 1.54) is 4.90 Å². The summed E-state index contributed by atoms with van der Waals surface area (Å²) >= 11 is 0. The zero-order valence-corrected chi connectivity index (χ0v) is 17.8. The monoisotopic (exact) mass is 409 g/mol. The molecule has 0 spiro atoms. The first-order chi connectivity index (χ1) is 14.4. The molecule has 30 heavy (non-hydrogen) atoms. The lowest BCUT2D eigenvalue weighted by Crippen LogP contribution is -3.05. The van der Waals surface area contributed by atoms with Crippen molar-refractivity contribution in [2.24, 2.45) is 0 Å². The summed E-state index contributed by atoms with van der Waals surface area (Å²) in [6, 6.07) is 15.2. The Morgan fingerprint density at radius 1 is 1.13 bits per heavy atom. The van der Waals surface area contributed by atoms with E-state index in [1.54, 1.807) is 12.1 Å². The van der Waals surface area contributed by atoms with E-state index in [1.807, 2.05) is 43.3 Å². The molecule has 3 aromatic rings. The average Bonchev–Trinajstić information content (AvgIpc) is 2.73. The van der Waals surface area contributed by atoms with Crippen molar-refractivity contribution in [3.63, 3.8) is 0 Å². The standard InChI is InChI=1S/C24H28N2O4/c1-17-20-11-10-19(29-16-23(27)25-12-7-13-26(2)3)15-22(20)30-24(28)21(17)14-18-8-5-4-6-9-18/h4-6,8-11,15H,7,12-14,16H2,1-3H3,(H,25,27)/p+1. The summed E-state index contributed by atoms with van der Waals surface area (Å²) in [4.78, 5) is 25.8. The van der Waals surface area contributed by atoms with E-state index in [0.717, 1.165) is 29.5 Å². The largest absolute Gasteiger partial charge is 0.484 e. The number of benzene rings is 2. The van der Waals surface area contributed by atoms with Crippen molar-refractivity contribution < 1.29 is 18.8 Å². The molecule has 2 aromatic carbocycles. The highest BCUT2D eigenvalue weighted by atomic mass is 16.5. The SMILES string of the molecule is Cc1c(Cc2ccccc2)c(=O)oc2cc(OCC(=O)NCCC[NH+](C)C)ccc12. The number of carbonyl (C=O) groups is 1. The molecule has 6 heteroatoms. The van der Waals surface area contributed by atoms with Crippen molar-refractivity contribution in [3.8, 4) is 5.75 Å². The van der Waals surface area contributed by atoms with Crippen molar-refractivity contribution in [1.82, 2.24) is 5.32 Å². The number of amides is 1. The fourth-order valence-electron chi connectivity index (χ4n) is 3.34. The Labute approximate surface area is 176 Å². The van der Waals surface area contributed by atoms with Gasteiger partial charge in [0.05, 0.1) is 20.6 Å². The number of carbonyl (C=O) groups excluding carboxylic acids is 1. The summed E-state index contributed by atoms with van der Waals surface area (Å²) < 4.78 is 11.1. The van der Waals surface area contributed by atoms with Crippen LogP contribution in [-0.4, -0.2) is 39.7 Å². The maximum Gasteiger partial charge on any atom is 0.340 e. The second-order valence-electron chi connectivity index (χ2n) is 7.76. The number of hydrogen-bond acceptors (Lipinski definition) is 4. The predicted octanol–water partition coefficient (Wildman–Crippen LogP) is 1.72. The van der Waals surface area contributed by atoms with E-state index in [2.05, 4.69) is 19.4 Å². The molecule has 0 aliphatic carbocycles. The van der Waals surface area contributed by atoms with Gasteiger partial charge in [-0.15, -0.1) is 0 Å². The molecule has 1 heterocycles. The quantitative estimate of drug-likeness (QED) is 0.417. The Morgan fingerprint density at radius 2 is 1.90 bits per heavy atom. The second kappa shape index (κ2) is 10.1. The smallest absolute Gasteiger partial charge is 0.340 e. The van der Waals surface area contributed by atoms with Gasteiger partial charge in [-0.3, -0.25) is 4.79 Å². The third-order valence-electron chi connectivity index (χ3n) is 5.03. The molecule has 0 bridgehead atoms. The Hall–Kier alpha value is -3.12. The number of ether oxygens (including phenoxy) is 1. The second-order valence-corrected chi connectivity index (χ2v) is 7.76. The summed E-state index contributed by atoms with van der Waals surface area (Å²) in [6.07, 6.45) is 1.44. The minimum Gasteiger partial charge on any atom is -0.484 e. The highest BCUT2D eigenvalue weighted by Gasteiger charge is 2.13. The lowest BCUT2D eigenvalue weighted by molar-refractivity contribution is -0.858. The van der Waals surface area contributed by atoms with Crippen molar-refractivity contribution in [2.45, 2.75) is 19.8 Å². The fraction of sp³-hybridized carbons (Fsp3) is 0.333. The van der Waals surface area contributed by atoms with Crippen LogP contribution in [-0.2, 0) is 11.2 Å². The molecule has 6 nitrogen and oxygen atoms in total. The lowest BCUT2D eigenvalue weighted by Gasteiger charge is -2.11. The first kappa shape index (κ1) is 21.6. The summed E-state index contributed by atoms with van der Waals surface area (Å²) in [5, 5.41) is 3.71. The van der Waals surface area contributed by atoms with Crippen LogP contribution in [0.25, 0.3) is 11.0 Å². The third-order valence-corrected chi connectivity index (χ3v) is 5.03. The number of nitrogens with one attached hydrogen (secondary N) is 2. The van der Waals surface area contributed by atoms with E-state index >= 15 is 0 Å². The van der Waals surface area contributed by atoms with Gasteiger partial charge in [0.15, 0.2) is 6.61 Å². The van der Waals surface area contributed by atoms with Crippen LogP contribution in [0.3, 0.4) is 0 Å². The minimum atomic E-state index is -0.346. The van der Waals surface area contributed by atoms with Crippen LogP contribution < -0.4 is 20.6 Å². The van der Waals surface area contributed by atoms with Crippen molar-refractivity contribution in [2.75, 3.05) is 33.8 Å². The lowest BCUT2D eigenvalue weighted by atomic mass is 10.00. The van der Waals surface area contributed by atoms with Gasteiger partial charge in [-0.2, -0.15) is 0 Å². The van der Waals surface area contributed by atoms with Gasteiger partial charge in [0.25, 0.3) is 5.91 Å². The van der Waals surface area contributed by atoms with Crippen LogP contribution in [0, 0.1) is 6.92 Å². The molecule has 158 valence electrons. The highest BCUT2D eigenvalue weighted by Crippen LogP contribution is 2.25. The Kier molecular flexibility index (Phi) is 7.25. The maximum atomic E-state index is 12.6. The first-order valence-corrected chi connectivity index (χ1v) is 10.2. The molecule has 2 N–H and O–H groups in total. The molecule has 0 fully saturated rings. The number of rotatable bonds is 9. The maximum absolute atomic E-state index is 12.6. The van der Waals surface area contributed by atoms with Crippen molar-refractivity contribution in [1.29, 1.82) is 0 Å². The van der Waals surface area contributed by atoms with Crippen LogP contribution in [0.15, 0.2) is 57.7 Å². The van der Waals surface area contributed by atoms with E-state index < -0.39 is 0 Å². The topological polar surface area (TPSA) is 73.0 Å². The first-order valence-electron chi connectivity index (χ1n) is 10.2. The summed E-state index contributed by atoms with van der Waals surface area (Å²) in [5.41, 5.74) is 2.73. The third kappa shape index (κ3) is 5.70. The van der Waals surface area contributed by atoms with Gasteiger partial charge in [-0.1, -0.05) is 30.3 Å². The van der Waals surface area contributed by atoms with Gasteiger partial charge in [-0.05, 0) is 30.2 Å². The molecular formula is C24H29N2O4+. The zero-order chi connectivity index (χ0) is 21.5. The number of aryl methyl sites for hydroxylation is 1. The Balaban J connectivity index is 1.67. The van der Waals surface area contributed by atoms with Gasteiger partial charge >= 0.3 is 5.63 Å². The number of hydrogen-bond donors (Lipinski definition) is 2. The summed E-state index contributed by atoms with van der Waals surface area (Å²) in [6.45, 7) is 3.48. The zero-order valence-electron chi connectivity index (χ0n) is 17.8. The van der Waals surface area contributed by atoms with Gasteiger partial charge in [0.1, 0.15) is 11.3 Å². The van der Waals surface area contributed by atoms with Crippen molar-refractivity contribution >= 4 is 16.9 Å². The molecule has 0 atom stereocenters. The molecule has 0 saturated carbocycles. The van der Waals surface area contributed by atoms with E-state index in [9.17, 15) is 9.59 Å². The van der Waals surface area contributed by atoms with Crippen LogP contribution in [0.2, 0.25) is 0 Å². The normalized spacial score (nSPS) is 11.1. The molecule has 0 unspecified atom stereocenters. The van der Waals surface area contributed by atoms with Crippen LogP contribution in [0.4, 0.5) is 0 Å². The van der Waals surface area contributed by atoms with Gasteiger partial charge in [-0.25, -0.2) is 4.79 Å². The molecule has 0 aliphatic rings. The molecule has 1 amide bonds. The van der Waals surface area contributed by atoms with Gasteiger partial charge in [0.2, 0.25) is 0 Å². The molecule has 0 aliphatic heterocycles. The van der Waals surface area contributed by atoms with Gasteiger partial charge < -0.3 is 19.4 Å². The Bertz CT molecular complexity index is 1060.